The smallest absolute Gasteiger partial charge is 0.249 e. The summed E-state index contributed by atoms with van der Waals surface area (Å²) < 4.78 is 0. The summed E-state index contributed by atoms with van der Waals surface area (Å²) in [5, 5.41) is 5.47. The van der Waals surface area contributed by atoms with E-state index in [1.54, 1.807) is 18.2 Å². The van der Waals surface area contributed by atoms with Crippen molar-refractivity contribution in [3.8, 4) is 0 Å². The molecule has 138 valence electrons. The van der Waals surface area contributed by atoms with Gasteiger partial charge in [0.1, 0.15) is 6.04 Å². The zero-order valence-corrected chi connectivity index (χ0v) is 14.6. The highest BCUT2D eigenvalue weighted by atomic mass is 16.2. The summed E-state index contributed by atoms with van der Waals surface area (Å²) in [5.41, 5.74) is 1.87. The number of carbonyl (C=O) groups is 4. The van der Waals surface area contributed by atoms with Gasteiger partial charge in [-0.25, -0.2) is 0 Å². The van der Waals surface area contributed by atoms with E-state index in [0.29, 0.717) is 6.54 Å². The van der Waals surface area contributed by atoms with Crippen LogP contribution in [-0.4, -0.2) is 34.6 Å². The number of carbonyl (C=O) groups excluding carboxylic acids is 4. The minimum absolute atomic E-state index is 0.123. The van der Waals surface area contributed by atoms with E-state index >= 15 is 0 Å². The Kier molecular flexibility index (Phi) is 4.35. The maximum Gasteiger partial charge on any atom is 0.249 e. The Bertz CT molecular complexity index is 874. The van der Waals surface area contributed by atoms with Crippen molar-refractivity contribution in [1.82, 2.24) is 15.5 Å². The molecule has 2 N–H and O–H groups in total. The second-order valence-corrected chi connectivity index (χ2v) is 6.89. The van der Waals surface area contributed by atoms with Crippen LogP contribution in [0.25, 0.3) is 0 Å². The largest absolute Gasteiger partial charge is 0.381 e. The van der Waals surface area contributed by atoms with E-state index < -0.39 is 23.8 Å². The maximum atomic E-state index is 12.8. The first-order chi connectivity index (χ1) is 13.0. The Balaban J connectivity index is 1.49. The molecule has 27 heavy (non-hydrogen) atoms. The molecule has 2 fully saturated rings. The number of nitrogens with zero attached hydrogens (tertiary/aromatic N) is 1. The lowest BCUT2D eigenvalue weighted by Crippen LogP contribution is -2.54. The molecule has 0 radical (unpaired) electrons. The van der Waals surface area contributed by atoms with Crippen molar-refractivity contribution in [2.75, 3.05) is 0 Å². The fourth-order valence-electron chi connectivity index (χ4n) is 3.72. The van der Waals surface area contributed by atoms with Gasteiger partial charge in [0, 0.05) is 18.7 Å². The molecule has 4 amide bonds. The van der Waals surface area contributed by atoms with E-state index in [9.17, 15) is 19.2 Å². The quantitative estimate of drug-likeness (QED) is 0.764. The van der Waals surface area contributed by atoms with Gasteiger partial charge in [0.25, 0.3) is 0 Å². The van der Waals surface area contributed by atoms with Crippen molar-refractivity contribution >= 4 is 23.6 Å². The minimum Gasteiger partial charge on any atom is -0.381 e. The number of amides is 4. The van der Waals surface area contributed by atoms with Crippen molar-refractivity contribution in [2.24, 2.45) is 11.8 Å². The lowest BCUT2D eigenvalue weighted by Gasteiger charge is -2.28. The van der Waals surface area contributed by atoms with Crippen molar-refractivity contribution in [3.05, 3.63) is 59.8 Å². The summed E-state index contributed by atoms with van der Waals surface area (Å²) in [5.74, 6) is -2.93. The number of piperidine rings is 1. The summed E-state index contributed by atoms with van der Waals surface area (Å²) in [6, 6.07) is 8.94. The monoisotopic (exact) mass is 365 g/mol. The van der Waals surface area contributed by atoms with Gasteiger partial charge in [0.05, 0.1) is 11.8 Å². The van der Waals surface area contributed by atoms with E-state index in [-0.39, 0.29) is 30.6 Å². The van der Waals surface area contributed by atoms with Gasteiger partial charge in [0.15, 0.2) is 0 Å². The van der Waals surface area contributed by atoms with Crippen LogP contribution in [0.3, 0.4) is 0 Å². The van der Waals surface area contributed by atoms with Gasteiger partial charge in [-0.2, -0.15) is 0 Å². The summed E-state index contributed by atoms with van der Waals surface area (Å²) in [6.07, 6.45) is 5.56. The zero-order valence-electron chi connectivity index (χ0n) is 14.6. The van der Waals surface area contributed by atoms with Gasteiger partial charge >= 0.3 is 0 Å². The highest BCUT2D eigenvalue weighted by Crippen LogP contribution is 2.35. The van der Waals surface area contributed by atoms with Gasteiger partial charge in [0.2, 0.25) is 23.6 Å². The van der Waals surface area contributed by atoms with Crippen LogP contribution < -0.4 is 10.6 Å². The Morgan fingerprint density at radius 1 is 1.04 bits per heavy atom. The number of hydrogen-bond donors (Lipinski definition) is 2. The number of nitrogens with one attached hydrogen (secondary N) is 2. The predicted octanol–water partition coefficient (Wildman–Crippen LogP) is 0.636. The standard InChI is InChI=1S/C20H19N3O4/c24-17-9-8-16(18(25)22-17)23-19(26)14-7-6-13(10-15(14)20(23)27)21-11-12-4-2-1-3-5-12/h1-7,10,14-16,21H,8-9,11H2,(H,22,24,25). The first kappa shape index (κ1) is 17.2. The molecule has 7 nitrogen and oxygen atoms in total. The number of rotatable bonds is 4. The minimum atomic E-state index is -0.907. The predicted molar refractivity (Wildman–Crippen MR) is 95.5 cm³/mol. The molecule has 2 heterocycles. The van der Waals surface area contributed by atoms with Crippen LogP contribution in [-0.2, 0) is 25.7 Å². The van der Waals surface area contributed by atoms with E-state index in [0.717, 1.165) is 16.2 Å². The van der Waals surface area contributed by atoms with E-state index in [2.05, 4.69) is 10.6 Å². The molecule has 0 bridgehead atoms. The van der Waals surface area contributed by atoms with Crippen LogP contribution in [0.5, 0.6) is 0 Å². The lowest BCUT2D eigenvalue weighted by molar-refractivity contribution is -0.151. The molecule has 2 saturated heterocycles. The fraction of sp³-hybridized carbons (Fsp3) is 0.300. The molecule has 0 aromatic heterocycles. The molecule has 7 heteroatoms. The average Bonchev–Trinajstić information content (AvgIpc) is 2.92. The molecule has 3 atom stereocenters. The molecule has 1 aromatic carbocycles. The first-order valence-electron chi connectivity index (χ1n) is 8.93. The van der Waals surface area contributed by atoms with Crippen LogP contribution in [0.15, 0.2) is 54.3 Å². The summed E-state index contributed by atoms with van der Waals surface area (Å²) in [7, 11) is 0. The third kappa shape index (κ3) is 3.16. The normalized spacial score (nSPS) is 27.3. The van der Waals surface area contributed by atoms with Crippen molar-refractivity contribution in [1.29, 1.82) is 0 Å². The SMILES string of the molecule is O=C1CCC(N2C(=O)C3C=CC(NCc4ccccc4)=CC3C2=O)C(=O)N1. The van der Waals surface area contributed by atoms with Gasteiger partial charge < -0.3 is 5.32 Å². The number of hydrogen-bond acceptors (Lipinski definition) is 5. The number of likely N-dealkylation sites (tertiary alicyclic amines) is 1. The topological polar surface area (TPSA) is 95.6 Å². The van der Waals surface area contributed by atoms with Crippen LogP contribution in [0.2, 0.25) is 0 Å². The molecule has 4 rings (SSSR count). The molecule has 0 spiro atoms. The Morgan fingerprint density at radius 3 is 2.52 bits per heavy atom. The fourth-order valence-corrected chi connectivity index (χ4v) is 3.72. The van der Waals surface area contributed by atoms with Gasteiger partial charge in [-0.1, -0.05) is 36.4 Å². The molecular weight excluding hydrogens is 346 g/mol. The number of imide groups is 2. The summed E-state index contributed by atoms with van der Waals surface area (Å²) in [6.45, 7) is 0.605. The summed E-state index contributed by atoms with van der Waals surface area (Å²) in [4.78, 5) is 50.0. The molecular formula is C20H19N3O4. The maximum absolute atomic E-state index is 12.8. The van der Waals surface area contributed by atoms with Crippen LogP contribution >= 0.6 is 0 Å². The average molecular weight is 365 g/mol. The first-order valence-corrected chi connectivity index (χ1v) is 8.93. The Labute approximate surface area is 156 Å². The third-order valence-electron chi connectivity index (χ3n) is 5.14. The van der Waals surface area contributed by atoms with Crippen molar-refractivity contribution in [2.45, 2.75) is 25.4 Å². The number of benzene rings is 1. The second-order valence-electron chi connectivity index (χ2n) is 6.89. The highest BCUT2D eigenvalue weighted by Gasteiger charge is 2.51. The van der Waals surface area contributed by atoms with E-state index in [1.165, 1.54) is 0 Å². The van der Waals surface area contributed by atoms with Crippen molar-refractivity contribution in [3.63, 3.8) is 0 Å². The molecule has 0 saturated carbocycles. The van der Waals surface area contributed by atoms with Gasteiger partial charge in [-0.05, 0) is 24.1 Å². The van der Waals surface area contributed by atoms with Crippen molar-refractivity contribution < 1.29 is 19.2 Å². The lowest BCUT2D eigenvalue weighted by atomic mass is 9.89. The molecule has 1 aromatic rings. The molecule has 3 unspecified atom stereocenters. The third-order valence-corrected chi connectivity index (χ3v) is 5.14. The van der Waals surface area contributed by atoms with E-state index in [4.69, 9.17) is 0 Å². The van der Waals surface area contributed by atoms with Gasteiger partial charge in [-0.3, -0.25) is 29.4 Å². The zero-order chi connectivity index (χ0) is 19.0. The molecule has 1 aliphatic carbocycles. The van der Waals surface area contributed by atoms with Crippen LogP contribution in [0.1, 0.15) is 18.4 Å². The number of fused-ring (bicyclic) bond motifs is 1. The number of allylic oxidation sites excluding steroid dienone is 1. The van der Waals surface area contributed by atoms with Crippen LogP contribution in [0, 0.1) is 11.8 Å². The van der Waals surface area contributed by atoms with Gasteiger partial charge in [-0.15, -0.1) is 0 Å². The highest BCUT2D eigenvalue weighted by molar-refractivity contribution is 6.12. The Morgan fingerprint density at radius 2 is 1.78 bits per heavy atom. The molecule has 2 aliphatic heterocycles. The van der Waals surface area contributed by atoms with Crippen LogP contribution in [0.4, 0.5) is 0 Å². The molecule has 3 aliphatic rings. The Hall–Kier alpha value is -3.22. The summed E-state index contributed by atoms with van der Waals surface area (Å²) >= 11 is 0. The second kappa shape index (κ2) is 6.83. The van der Waals surface area contributed by atoms with E-state index in [1.807, 2.05) is 30.3 Å².